The van der Waals surface area contributed by atoms with Gasteiger partial charge in [0.25, 0.3) is 0 Å². The maximum absolute atomic E-state index is 3.65. The lowest BCUT2D eigenvalue weighted by Crippen LogP contribution is -2.53. The van der Waals surface area contributed by atoms with Crippen LogP contribution < -0.4 is 5.32 Å². The van der Waals surface area contributed by atoms with Crippen LogP contribution in [-0.4, -0.2) is 37.1 Å². The summed E-state index contributed by atoms with van der Waals surface area (Å²) in [5.41, 5.74) is 0. The fourth-order valence-electron chi connectivity index (χ4n) is 3.52. The summed E-state index contributed by atoms with van der Waals surface area (Å²) in [6, 6.07) is 0.905. The number of piperidine rings is 1. The van der Waals surface area contributed by atoms with E-state index in [1.165, 1.54) is 58.3 Å². The first-order valence-corrected chi connectivity index (χ1v) is 8.15. The van der Waals surface area contributed by atoms with Crippen LogP contribution in [0.3, 0.4) is 0 Å². The largest absolute Gasteiger partial charge is 0.316 e. The summed E-state index contributed by atoms with van der Waals surface area (Å²) in [4.78, 5) is 2.79. The van der Waals surface area contributed by atoms with E-state index in [0.717, 1.165) is 23.8 Å². The Labute approximate surface area is 114 Å². The van der Waals surface area contributed by atoms with E-state index in [-0.39, 0.29) is 0 Å². The molecule has 2 atom stereocenters. The highest BCUT2D eigenvalue weighted by molar-refractivity contribution is 4.91. The SMILES string of the molecule is CCC1CCN(C2CCC2CNCC(C)C)CC1. The average molecular weight is 252 g/mol. The highest BCUT2D eigenvalue weighted by atomic mass is 15.2. The van der Waals surface area contributed by atoms with E-state index >= 15 is 0 Å². The van der Waals surface area contributed by atoms with Gasteiger partial charge in [0.05, 0.1) is 0 Å². The fourth-order valence-corrected chi connectivity index (χ4v) is 3.52. The van der Waals surface area contributed by atoms with Crippen LogP contribution in [0.25, 0.3) is 0 Å². The maximum atomic E-state index is 3.65. The predicted octanol–water partition coefficient (Wildman–Crippen LogP) is 3.13. The molecule has 0 bridgehead atoms. The summed E-state index contributed by atoms with van der Waals surface area (Å²) in [6.07, 6.45) is 7.17. The van der Waals surface area contributed by atoms with Gasteiger partial charge in [0.2, 0.25) is 0 Å². The molecule has 2 fully saturated rings. The lowest BCUT2D eigenvalue weighted by molar-refractivity contribution is 0.0337. The van der Waals surface area contributed by atoms with Gasteiger partial charge in [0, 0.05) is 6.04 Å². The van der Waals surface area contributed by atoms with E-state index in [4.69, 9.17) is 0 Å². The molecule has 0 aromatic carbocycles. The minimum atomic E-state index is 0.781. The Balaban J connectivity index is 1.67. The number of nitrogens with zero attached hydrogens (tertiary/aromatic N) is 1. The van der Waals surface area contributed by atoms with E-state index in [9.17, 15) is 0 Å². The van der Waals surface area contributed by atoms with Crippen LogP contribution in [0.2, 0.25) is 0 Å². The van der Waals surface area contributed by atoms with Gasteiger partial charge < -0.3 is 10.2 Å². The van der Waals surface area contributed by atoms with E-state index in [2.05, 4.69) is 31.0 Å². The van der Waals surface area contributed by atoms with Crippen LogP contribution >= 0.6 is 0 Å². The summed E-state index contributed by atoms with van der Waals surface area (Å²) < 4.78 is 0. The van der Waals surface area contributed by atoms with Crippen molar-refractivity contribution in [2.45, 2.75) is 58.9 Å². The number of hydrogen-bond acceptors (Lipinski definition) is 2. The molecule has 1 heterocycles. The molecule has 2 nitrogen and oxygen atoms in total. The minimum absolute atomic E-state index is 0.781. The van der Waals surface area contributed by atoms with Crippen molar-refractivity contribution in [1.82, 2.24) is 10.2 Å². The van der Waals surface area contributed by atoms with Gasteiger partial charge in [-0.15, -0.1) is 0 Å². The van der Waals surface area contributed by atoms with Crippen molar-refractivity contribution in [3.63, 3.8) is 0 Å². The molecule has 0 spiro atoms. The third-order valence-corrected chi connectivity index (χ3v) is 5.03. The molecule has 2 aliphatic rings. The summed E-state index contributed by atoms with van der Waals surface area (Å²) in [5.74, 6) is 2.73. The molecule has 0 aromatic heterocycles. The third kappa shape index (κ3) is 3.71. The molecule has 1 saturated heterocycles. The van der Waals surface area contributed by atoms with E-state index < -0.39 is 0 Å². The average Bonchev–Trinajstić information content (AvgIpc) is 2.34. The highest BCUT2D eigenvalue weighted by Gasteiger charge is 2.36. The van der Waals surface area contributed by atoms with Crippen molar-refractivity contribution >= 4 is 0 Å². The summed E-state index contributed by atoms with van der Waals surface area (Å²) in [5, 5.41) is 3.65. The Morgan fingerprint density at radius 2 is 1.83 bits per heavy atom. The normalized spacial score (nSPS) is 30.7. The Hall–Kier alpha value is -0.0800. The van der Waals surface area contributed by atoms with Crippen molar-refractivity contribution in [3.05, 3.63) is 0 Å². The monoisotopic (exact) mass is 252 g/mol. The Bertz CT molecular complexity index is 231. The first-order valence-electron chi connectivity index (χ1n) is 8.15. The first kappa shape index (κ1) is 14.3. The number of likely N-dealkylation sites (tertiary alicyclic amines) is 1. The summed E-state index contributed by atoms with van der Waals surface area (Å²) in [7, 11) is 0. The molecule has 0 aromatic rings. The molecular formula is C16H32N2. The van der Waals surface area contributed by atoms with Crippen molar-refractivity contribution in [1.29, 1.82) is 0 Å². The molecule has 0 amide bonds. The van der Waals surface area contributed by atoms with Gasteiger partial charge in [-0.2, -0.15) is 0 Å². The minimum Gasteiger partial charge on any atom is -0.316 e. The zero-order valence-corrected chi connectivity index (χ0v) is 12.6. The zero-order chi connectivity index (χ0) is 13.0. The Morgan fingerprint density at radius 3 is 2.33 bits per heavy atom. The zero-order valence-electron chi connectivity index (χ0n) is 12.6. The van der Waals surface area contributed by atoms with Crippen LogP contribution in [0.4, 0.5) is 0 Å². The second kappa shape index (κ2) is 6.91. The maximum Gasteiger partial charge on any atom is 0.0136 e. The van der Waals surface area contributed by atoms with E-state index in [1.54, 1.807) is 0 Å². The lowest BCUT2D eigenvalue weighted by Gasteiger charge is -2.47. The number of nitrogens with one attached hydrogen (secondary N) is 1. The van der Waals surface area contributed by atoms with Gasteiger partial charge in [-0.25, -0.2) is 0 Å². The van der Waals surface area contributed by atoms with Crippen LogP contribution in [0, 0.1) is 17.8 Å². The van der Waals surface area contributed by atoms with Crippen molar-refractivity contribution in [3.8, 4) is 0 Å². The van der Waals surface area contributed by atoms with E-state index in [1.807, 2.05) is 0 Å². The van der Waals surface area contributed by atoms with Crippen LogP contribution in [-0.2, 0) is 0 Å². The van der Waals surface area contributed by atoms with Gasteiger partial charge in [-0.3, -0.25) is 0 Å². The van der Waals surface area contributed by atoms with E-state index in [0.29, 0.717) is 0 Å². The summed E-state index contributed by atoms with van der Waals surface area (Å²) in [6.45, 7) is 12.1. The smallest absolute Gasteiger partial charge is 0.0136 e. The highest BCUT2D eigenvalue weighted by Crippen LogP contribution is 2.34. The van der Waals surface area contributed by atoms with Gasteiger partial charge in [-0.1, -0.05) is 27.2 Å². The third-order valence-electron chi connectivity index (χ3n) is 5.03. The topological polar surface area (TPSA) is 15.3 Å². The molecule has 0 radical (unpaired) electrons. The predicted molar refractivity (Wildman–Crippen MR) is 78.8 cm³/mol. The fraction of sp³-hybridized carbons (Fsp3) is 1.00. The standard InChI is InChI=1S/C16H32N2/c1-4-14-7-9-18(10-8-14)16-6-5-15(16)12-17-11-13(2)3/h13-17H,4-12H2,1-3H3. The number of hydrogen-bond donors (Lipinski definition) is 1. The van der Waals surface area contributed by atoms with Crippen molar-refractivity contribution in [2.75, 3.05) is 26.2 Å². The number of rotatable bonds is 6. The van der Waals surface area contributed by atoms with Gasteiger partial charge in [0.15, 0.2) is 0 Å². The molecule has 2 heteroatoms. The van der Waals surface area contributed by atoms with Gasteiger partial charge >= 0.3 is 0 Å². The molecule has 2 unspecified atom stereocenters. The lowest BCUT2D eigenvalue weighted by atomic mass is 9.77. The Kier molecular flexibility index (Phi) is 5.50. The quantitative estimate of drug-likeness (QED) is 0.781. The molecule has 1 aliphatic carbocycles. The molecule has 106 valence electrons. The van der Waals surface area contributed by atoms with Crippen LogP contribution in [0.5, 0.6) is 0 Å². The van der Waals surface area contributed by atoms with Crippen LogP contribution in [0.15, 0.2) is 0 Å². The van der Waals surface area contributed by atoms with Crippen molar-refractivity contribution in [2.24, 2.45) is 17.8 Å². The first-order chi connectivity index (χ1) is 8.70. The molecule has 1 aliphatic heterocycles. The van der Waals surface area contributed by atoms with Crippen molar-refractivity contribution < 1.29 is 0 Å². The molecule has 1 saturated carbocycles. The molecule has 2 rings (SSSR count). The molecule has 1 N–H and O–H groups in total. The molecular weight excluding hydrogens is 220 g/mol. The summed E-state index contributed by atoms with van der Waals surface area (Å²) >= 11 is 0. The van der Waals surface area contributed by atoms with Gasteiger partial charge in [-0.05, 0) is 69.6 Å². The second-order valence-electron chi connectivity index (χ2n) is 6.84. The van der Waals surface area contributed by atoms with Gasteiger partial charge in [0.1, 0.15) is 0 Å². The second-order valence-corrected chi connectivity index (χ2v) is 6.84. The molecule has 18 heavy (non-hydrogen) atoms. The Morgan fingerprint density at radius 1 is 1.11 bits per heavy atom. The van der Waals surface area contributed by atoms with Crippen LogP contribution in [0.1, 0.15) is 52.9 Å².